The van der Waals surface area contributed by atoms with Crippen molar-refractivity contribution < 1.29 is 19.1 Å². The number of unbranched alkanes of at least 4 members (excludes halogenated alkanes) is 1. The average molecular weight is 463 g/mol. The van der Waals surface area contributed by atoms with Crippen LogP contribution in [0.25, 0.3) is 5.69 Å². The highest BCUT2D eigenvalue weighted by atomic mass is 16.5. The first kappa shape index (κ1) is 23.4. The minimum Gasteiger partial charge on any atom is -0.494 e. The molecule has 1 aliphatic heterocycles. The van der Waals surface area contributed by atoms with Gasteiger partial charge < -0.3 is 19.7 Å². The van der Waals surface area contributed by atoms with Gasteiger partial charge in [0.05, 0.1) is 31.1 Å². The molecule has 2 aromatic carbocycles. The molecule has 0 saturated heterocycles. The first-order valence-corrected chi connectivity index (χ1v) is 11.7. The first-order valence-electron chi connectivity index (χ1n) is 11.7. The number of aromatic nitrogens is 2. The molecular formula is C26H30N4O4. The Hall–Kier alpha value is -3.81. The molecule has 0 bridgehead atoms. The third kappa shape index (κ3) is 5.22. The van der Waals surface area contributed by atoms with Crippen LogP contribution in [0.15, 0.2) is 54.6 Å². The summed E-state index contributed by atoms with van der Waals surface area (Å²) in [6, 6.07) is 16.8. The molecule has 0 atom stereocenters. The van der Waals surface area contributed by atoms with E-state index < -0.39 is 5.97 Å². The van der Waals surface area contributed by atoms with Crippen molar-refractivity contribution in [1.82, 2.24) is 14.7 Å². The van der Waals surface area contributed by atoms with Gasteiger partial charge in [0.2, 0.25) is 0 Å². The summed E-state index contributed by atoms with van der Waals surface area (Å²) in [6.45, 7) is 5.61. The van der Waals surface area contributed by atoms with Crippen LogP contribution in [-0.4, -0.2) is 46.4 Å². The van der Waals surface area contributed by atoms with Gasteiger partial charge in [0.25, 0.3) is 0 Å². The zero-order valence-corrected chi connectivity index (χ0v) is 19.6. The number of carbonyl (C=O) groups is 2. The van der Waals surface area contributed by atoms with E-state index in [2.05, 4.69) is 17.3 Å². The van der Waals surface area contributed by atoms with Crippen LogP contribution >= 0.6 is 0 Å². The van der Waals surface area contributed by atoms with E-state index in [1.165, 1.54) is 0 Å². The molecule has 0 spiro atoms. The van der Waals surface area contributed by atoms with Crippen LogP contribution in [0.3, 0.4) is 0 Å². The predicted octanol–water partition coefficient (Wildman–Crippen LogP) is 4.82. The summed E-state index contributed by atoms with van der Waals surface area (Å²) in [5.74, 6) is 0.302. The number of carbonyl (C=O) groups excluding carboxylic acids is 2. The summed E-state index contributed by atoms with van der Waals surface area (Å²) in [7, 11) is 0. The number of fused-ring (bicyclic) bond motifs is 1. The molecule has 0 aliphatic carbocycles. The fourth-order valence-corrected chi connectivity index (χ4v) is 3.91. The van der Waals surface area contributed by atoms with Gasteiger partial charge >= 0.3 is 12.0 Å². The van der Waals surface area contributed by atoms with Crippen molar-refractivity contribution in [2.24, 2.45) is 0 Å². The number of hydrogen-bond donors (Lipinski definition) is 1. The maximum atomic E-state index is 13.0. The zero-order chi connectivity index (χ0) is 23.9. The number of nitrogens with one attached hydrogen (secondary N) is 1. The molecule has 8 heteroatoms. The lowest BCUT2D eigenvalue weighted by Gasteiger charge is -2.28. The number of hydrogen-bond acceptors (Lipinski definition) is 5. The van der Waals surface area contributed by atoms with Crippen molar-refractivity contribution in [3.63, 3.8) is 0 Å². The van der Waals surface area contributed by atoms with Crippen LogP contribution < -0.4 is 10.1 Å². The average Bonchev–Trinajstić information content (AvgIpc) is 3.25. The summed E-state index contributed by atoms with van der Waals surface area (Å²) in [4.78, 5) is 27.3. The molecule has 3 aromatic rings. The normalized spacial score (nSPS) is 12.7. The number of rotatable bonds is 8. The Bertz CT molecular complexity index is 1130. The molecule has 0 saturated carbocycles. The number of nitrogens with zero attached hydrogens (tertiary/aromatic N) is 3. The number of para-hydroxylation sites is 1. The Balaban J connectivity index is 1.50. The SMILES string of the molecule is CCCCOc1ccc(NC(=O)N2CCc3c(c(C(=O)OCC)nn3-c3ccccc3)C2)cc1. The van der Waals surface area contributed by atoms with E-state index >= 15 is 0 Å². The van der Waals surface area contributed by atoms with Gasteiger partial charge in [0, 0.05) is 24.2 Å². The molecule has 34 heavy (non-hydrogen) atoms. The molecule has 0 unspecified atom stereocenters. The number of esters is 1. The number of anilines is 1. The fourth-order valence-electron chi connectivity index (χ4n) is 3.91. The Kier molecular flexibility index (Phi) is 7.47. The number of amides is 2. The Morgan fingerprint density at radius 2 is 1.82 bits per heavy atom. The van der Waals surface area contributed by atoms with Gasteiger partial charge in [-0.1, -0.05) is 31.5 Å². The summed E-state index contributed by atoms with van der Waals surface area (Å²) in [5, 5.41) is 7.51. The molecule has 178 valence electrons. The highest BCUT2D eigenvalue weighted by Crippen LogP contribution is 2.27. The van der Waals surface area contributed by atoms with Gasteiger partial charge in [-0.2, -0.15) is 5.10 Å². The van der Waals surface area contributed by atoms with E-state index in [1.54, 1.807) is 16.5 Å². The Morgan fingerprint density at radius 3 is 2.53 bits per heavy atom. The minimum absolute atomic E-state index is 0.229. The largest absolute Gasteiger partial charge is 0.494 e. The lowest BCUT2D eigenvalue weighted by Crippen LogP contribution is -2.39. The molecule has 0 radical (unpaired) electrons. The highest BCUT2D eigenvalue weighted by molar-refractivity contribution is 5.91. The molecule has 1 N–H and O–H groups in total. The van der Waals surface area contributed by atoms with Gasteiger partial charge in [-0.3, -0.25) is 0 Å². The third-order valence-corrected chi connectivity index (χ3v) is 5.69. The van der Waals surface area contributed by atoms with Crippen LogP contribution in [-0.2, 0) is 17.7 Å². The van der Waals surface area contributed by atoms with Gasteiger partial charge in [0.15, 0.2) is 5.69 Å². The third-order valence-electron chi connectivity index (χ3n) is 5.69. The molecule has 8 nitrogen and oxygen atoms in total. The molecule has 4 rings (SSSR count). The van der Waals surface area contributed by atoms with E-state index in [-0.39, 0.29) is 24.9 Å². The number of ether oxygens (including phenoxy) is 2. The topological polar surface area (TPSA) is 85.7 Å². The molecule has 0 fully saturated rings. The second-order valence-electron chi connectivity index (χ2n) is 8.07. The molecule has 2 heterocycles. The van der Waals surface area contributed by atoms with E-state index in [0.29, 0.717) is 25.3 Å². The highest BCUT2D eigenvalue weighted by Gasteiger charge is 2.31. The minimum atomic E-state index is -0.477. The second-order valence-corrected chi connectivity index (χ2v) is 8.07. The second kappa shape index (κ2) is 10.9. The Morgan fingerprint density at radius 1 is 1.06 bits per heavy atom. The summed E-state index contributed by atoms with van der Waals surface area (Å²) in [6.07, 6.45) is 2.66. The monoisotopic (exact) mass is 462 g/mol. The lowest BCUT2D eigenvalue weighted by molar-refractivity contribution is 0.0516. The van der Waals surface area contributed by atoms with Crippen LogP contribution in [0, 0.1) is 0 Å². The predicted molar refractivity (Wildman–Crippen MR) is 129 cm³/mol. The van der Waals surface area contributed by atoms with Gasteiger partial charge in [-0.05, 0) is 49.7 Å². The van der Waals surface area contributed by atoms with Gasteiger partial charge in [0.1, 0.15) is 5.75 Å². The number of urea groups is 1. The van der Waals surface area contributed by atoms with Crippen LogP contribution in [0.5, 0.6) is 5.75 Å². The molecule has 1 aromatic heterocycles. The van der Waals surface area contributed by atoms with Crippen LogP contribution in [0.4, 0.5) is 10.5 Å². The van der Waals surface area contributed by atoms with Crippen molar-refractivity contribution in [3.8, 4) is 11.4 Å². The summed E-state index contributed by atoms with van der Waals surface area (Å²) < 4.78 is 12.7. The lowest BCUT2D eigenvalue weighted by atomic mass is 10.0. The van der Waals surface area contributed by atoms with E-state index in [4.69, 9.17) is 9.47 Å². The van der Waals surface area contributed by atoms with Crippen LogP contribution in [0.2, 0.25) is 0 Å². The van der Waals surface area contributed by atoms with Gasteiger partial charge in [-0.15, -0.1) is 0 Å². The van der Waals surface area contributed by atoms with E-state index in [1.807, 2.05) is 54.6 Å². The molecule has 1 aliphatic rings. The Labute approximate surface area is 199 Å². The van der Waals surface area contributed by atoms with Crippen molar-refractivity contribution in [3.05, 3.63) is 71.5 Å². The quantitative estimate of drug-likeness (QED) is 0.383. The van der Waals surface area contributed by atoms with E-state index in [9.17, 15) is 9.59 Å². The van der Waals surface area contributed by atoms with Crippen molar-refractivity contribution in [2.45, 2.75) is 39.7 Å². The van der Waals surface area contributed by atoms with Crippen molar-refractivity contribution in [1.29, 1.82) is 0 Å². The smallest absolute Gasteiger partial charge is 0.359 e. The molecular weight excluding hydrogens is 432 g/mol. The summed E-state index contributed by atoms with van der Waals surface area (Å²) >= 11 is 0. The first-order chi connectivity index (χ1) is 16.6. The van der Waals surface area contributed by atoms with E-state index in [0.717, 1.165) is 35.5 Å². The van der Waals surface area contributed by atoms with Crippen molar-refractivity contribution >= 4 is 17.7 Å². The summed E-state index contributed by atoms with van der Waals surface area (Å²) in [5.41, 5.74) is 3.46. The maximum Gasteiger partial charge on any atom is 0.359 e. The number of benzene rings is 2. The molecule has 2 amide bonds. The fraction of sp³-hybridized carbons (Fsp3) is 0.346. The van der Waals surface area contributed by atoms with Crippen molar-refractivity contribution in [2.75, 3.05) is 25.1 Å². The standard InChI is InChI=1S/C26H30N4O4/c1-3-5-17-34-21-13-11-19(12-14-21)27-26(32)29-16-15-23-22(18-29)24(25(31)33-4-2)28-30(23)20-9-7-6-8-10-20/h6-14H,3-5,15-18H2,1-2H3,(H,27,32). The zero-order valence-electron chi connectivity index (χ0n) is 19.6. The van der Waals surface area contributed by atoms with Crippen LogP contribution in [0.1, 0.15) is 48.4 Å². The maximum absolute atomic E-state index is 13.0. The van der Waals surface area contributed by atoms with Gasteiger partial charge in [-0.25, -0.2) is 14.3 Å².